The second-order valence-electron chi connectivity index (χ2n) is 6.33. The third-order valence-electron chi connectivity index (χ3n) is 3.40. The van der Waals surface area contributed by atoms with Crippen LogP contribution in [0, 0.1) is 5.41 Å². The van der Waals surface area contributed by atoms with Crippen LogP contribution in [0.25, 0.3) is 10.9 Å². The molecule has 0 aliphatic carbocycles. The van der Waals surface area contributed by atoms with E-state index >= 15 is 0 Å². The van der Waals surface area contributed by atoms with E-state index in [9.17, 15) is 14.7 Å². The molecule has 0 bridgehead atoms. The first-order chi connectivity index (χ1) is 10.3. The Morgan fingerprint density at radius 3 is 2.77 bits per heavy atom. The molecule has 0 radical (unpaired) electrons. The Kier molecular flexibility index (Phi) is 4.61. The molecule has 0 fully saturated rings. The number of aliphatic hydroxyl groups is 1. The van der Waals surface area contributed by atoms with Crippen LogP contribution >= 0.6 is 0 Å². The number of rotatable bonds is 5. The number of carbonyl (C=O) groups excluding carboxylic acids is 1. The number of H-pyrrole nitrogens is 1. The summed E-state index contributed by atoms with van der Waals surface area (Å²) in [6.45, 7) is 6.01. The summed E-state index contributed by atoms with van der Waals surface area (Å²) in [6.07, 6.45) is 0.125. The average Bonchev–Trinajstić information content (AvgIpc) is 2.43. The standard InChI is InChI=1S/C16H21N3O3/c1-10(20)8-16(2,3)9-17-15(22)13-18-12-7-5-4-6-11(12)14(21)19-13/h4-7,10,20H,8-9H2,1-3H3,(H,17,22)(H,18,19,21). The summed E-state index contributed by atoms with van der Waals surface area (Å²) in [7, 11) is 0. The van der Waals surface area contributed by atoms with Crippen LogP contribution in [0.3, 0.4) is 0 Å². The summed E-state index contributed by atoms with van der Waals surface area (Å²) in [5.74, 6) is -0.432. The molecule has 0 aliphatic rings. The second-order valence-corrected chi connectivity index (χ2v) is 6.33. The van der Waals surface area contributed by atoms with Crippen LogP contribution in [-0.2, 0) is 0 Å². The molecule has 6 nitrogen and oxygen atoms in total. The Hall–Kier alpha value is -2.21. The molecule has 1 heterocycles. The Labute approximate surface area is 128 Å². The zero-order valence-corrected chi connectivity index (χ0v) is 13.0. The Balaban J connectivity index is 2.15. The zero-order valence-electron chi connectivity index (χ0n) is 13.0. The SMILES string of the molecule is CC(O)CC(C)(C)CNC(=O)c1nc2ccccc2c(=O)[nH]1. The predicted octanol–water partition coefficient (Wildman–Crippen LogP) is 1.45. The van der Waals surface area contributed by atoms with E-state index in [1.807, 2.05) is 13.8 Å². The average molecular weight is 303 g/mol. The normalized spacial score (nSPS) is 13.1. The molecule has 0 saturated carbocycles. The summed E-state index contributed by atoms with van der Waals surface area (Å²) in [5.41, 5.74) is -0.0975. The number of aromatic amines is 1. The molecule has 0 aliphatic heterocycles. The minimum Gasteiger partial charge on any atom is -0.393 e. The van der Waals surface area contributed by atoms with Crippen molar-refractivity contribution in [2.24, 2.45) is 5.41 Å². The zero-order chi connectivity index (χ0) is 16.3. The summed E-state index contributed by atoms with van der Waals surface area (Å²) in [6, 6.07) is 6.87. The number of nitrogens with zero attached hydrogens (tertiary/aromatic N) is 1. The molecule has 6 heteroatoms. The molecule has 2 rings (SSSR count). The van der Waals surface area contributed by atoms with Crippen LogP contribution in [0.5, 0.6) is 0 Å². The lowest BCUT2D eigenvalue weighted by molar-refractivity contribution is 0.0892. The van der Waals surface area contributed by atoms with Gasteiger partial charge in [-0.05, 0) is 30.9 Å². The molecule has 0 spiro atoms. The van der Waals surface area contributed by atoms with Crippen LogP contribution in [0.1, 0.15) is 37.8 Å². The van der Waals surface area contributed by atoms with Crippen LogP contribution < -0.4 is 10.9 Å². The predicted molar refractivity (Wildman–Crippen MR) is 84.8 cm³/mol. The Morgan fingerprint density at radius 1 is 1.41 bits per heavy atom. The Morgan fingerprint density at radius 2 is 2.09 bits per heavy atom. The molecule has 2 aromatic rings. The number of fused-ring (bicyclic) bond motifs is 1. The minimum absolute atomic E-state index is 0.00320. The van der Waals surface area contributed by atoms with Gasteiger partial charge in [-0.1, -0.05) is 26.0 Å². The molecule has 1 unspecified atom stereocenters. The van der Waals surface area contributed by atoms with Gasteiger partial charge >= 0.3 is 0 Å². The summed E-state index contributed by atoms with van der Waals surface area (Å²) < 4.78 is 0. The van der Waals surface area contributed by atoms with Crippen molar-refractivity contribution in [2.45, 2.75) is 33.3 Å². The van der Waals surface area contributed by atoms with Crippen LogP contribution in [0.4, 0.5) is 0 Å². The lowest BCUT2D eigenvalue weighted by Gasteiger charge is -2.26. The summed E-state index contributed by atoms with van der Waals surface area (Å²) in [4.78, 5) is 30.8. The Bertz CT molecular complexity index is 735. The molecule has 1 aromatic carbocycles. The van der Waals surface area contributed by atoms with Gasteiger partial charge < -0.3 is 15.4 Å². The van der Waals surface area contributed by atoms with E-state index in [4.69, 9.17) is 0 Å². The van der Waals surface area contributed by atoms with E-state index in [1.165, 1.54) is 0 Å². The van der Waals surface area contributed by atoms with E-state index in [0.29, 0.717) is 23.9 Å². The van der Waals surface area contributed by atoms with Gasteiger partial charge in [-0.2, -0.15) is 0 Å². The molecule has 22 heavy (non-hydrogen) atoms. The quantitative estimate of drug-likeness (QED) is 0.779. The van der Waals surface area contributed by atoms with Crippen molar-refractivity contribution >= 4 is 16.8 Å². The van der Waals surface area contributed by atoms with Crippen LogP contribution in [0.15, 0.2) is 29.1 Å². The van der Waals surface area contributed by atoms with E-state index in [1.54, 1.807) is 31.2 Å². The number of nitrogens with one attached hydrogen (secondary N) is 2. The van der Waals surface area contributed by atoms with Gasteiger partial charge in [-0.15, -0.1) is 0 Å². The van der Waals surface area contributed by atoms with Gasteiger partial charge in [0.25, 0.3) is 11.5 Å². The number of amides is 1. The first kappa shape index (κ1) is 16.2. The largest absolute Gasteiger partial charge is 0.393 e. The number of carbonyl (C=O) groups is 1. The van der Waals surface area contributed by atoms with Crippen LogP contribution in [0.2, 0.25) is 0 Å². The van der Waals surface area contributed by atoms with Crippen molar-refractivity contribution in [2.75, 3.05) is 6.54 Å². The van der Waals surface area contributed by atoms with Gasteiger partial charge in [0.15, 0.2) is 5.82 Å². The van der Waals surface area contributed by atoms with Gasteiger partial charge in [-0.3, -0.25) is 9.59 Å². The minimum atomic E-state index is -0.439. The van der Waals surface area contributed by atoms with Gasteiger partial charge in [0.2, 0.25) is 0 Å². The smallest absolute Gasteiger partial charge is 0.287 e. The van der Waals surface area contributed by atoms with E-state index in [0.717, 1.165) is 0 Å². The number of hydrogen-bond donors (Lipinski definition) is 3. The first-order valence-electron chi connectivity index (χ1n) is 7.24. The van der Waals surface area contributed by atoms with E-state index < -0.39 is 12.0 Å². The highest BCUT2D eigenvalue weighted by molar-refractivity contribution is 5.92. The molecule has 118 valence electrons. The van der Waals surface area contributed by atoms with Crippen molar-refractivity contribution < 1.29 is 9.90 Å². The fourth-order valence-electron chi connectivity index (χ4n) is 2.47. The van der Waals surface area contributed by atoms with Gasteiger partial charge in [0.1, 0.15) is 0 Å². The van der Waals surface area contributed by atoms with Crippen molar-refractivity contribution in [3.05, 3.63) is 40.4 Å². The molecular formula is C16H21N3O3. The fraction of sp³-hybridized carbons (Fsp3) is 0.438. The number of aromatic nitrogens is 2. The summed E-state index contributed by atoms with van der Waals surface area (Å²) >= 11 is 0. The highest BCUT2D eigenvalue weighted by Gasteiger charge is 2.22. The molecule has 3 N–H and O–H groups in total. The topological polar surface area (TPSA) is 95.1 Å². The monoisotopic (exact) mass is 303 g/mol. The number of benzene rings is 1. The lowest BCUT2D eigenvalue weighted by Crippen LogP contribution is -2.37. The third-order valence-corrected chi connectivity index (χ3v) is 3.40. The highest BCUT2D eigenvalue weighted by atomic mass is 16.3. The van der Waals surface area contributed by atoms with Crippen molar-refractivity contribution in [3.8, 4) is 0 Å². The molecule has 1 aromatic heterocycles. The van der Waals surface area contributed by atoms with Gasteiger partial charge in [0, 0.05) is 6.54 Å². The lowest BCUT2D eigenvalue weighted by atomic mass is 9.87. The van der Waals surface area contributed by atoms with E-state index in [-0.39, 0.29) is 16.8 Å². The second kappa shape index (κ2) is 6.27. The molecular weight excluding hydrogens is 282 g/mol. The maximum absolute atomic E-state index is 12.2. The van der Waals surface area contributed by atoms with Crippen molar-refractivity contribution in [1.29, 1.82) is 0 Å². The van der Waals surface area contributed by atoms with Crippen LogP contribution in [-0.4, -0.2) is 33.6 Å². The number of para-hydroxylation sites is 1. The molecule has 1 amide bonds. The molecule has 1 atom stereocenters. The number of hydrogen-bond acceptors (Lipinski definition) is 4. The number of aliphatic hydroxyl groups excluding tert-OH is 1. The molecule has 0 saturated heterocycles. The van der Waals surface area contributed by atoms with Crippen molar-refractivity contribution in [1.82, 2.24) is 15.3 Å². The van der Waals surface area contributed by atoms with Crippen molar-refractivity contribution in [3.63, 3.8) is 0 Å². The van der Waals surface area contributed by atoms with Gasteiger partial charge in [0.05, 0.1) is 17.0 Å². The third kappa shape index (κ3) is 3.92. The maximum atomic E-state index is 12.2. The fourth-order valence-corrected chi connectivity index (χ4v) is 2.47. The summed E-state index contributed by atoms with van der Waals surface area (Å²) in [5, 5.41) is 12.7. The highest BCUT2D eigenvalue weighted by Crippen LogP contribution is 2.21. The van der Waals surface area contributed by atoms with E-state index in [2.05, 4.69) is 15.3 Å². The van der Waals surface area contributed by atoms with Gasteiger partial charge in [-0.25, -0.2) is 4.98 Å². The first-order valence-corrected chi connectivity index (χ1v) is 7.24. The maximum Gasteiger partial charge on any atom is 0.287 e.